The van der Waals surface area contributed by atoms with E-state index in [4.69, 9.17) is 0 Å². The first-order valence-electron chi connectivity index (χ1n) is 5.69. The maximum Gasteiger partial charge on any atom is 0.0923 e. The Morgan fingerprint density at radius 3 is 2.38 bits per heavy atom. The summed E-state index contributed by atoms with van der Waals surface area (Å²) in [5, 5.41) is 10.1. The first kappa shape index (κ1) is 12.3. The summed E-state index contributed by atoms with van der Waals surface area (Å²) < 4.78 is 1.27. The maximum absolute atomic E-state index is 10.1. The van der Waals surface area contributed by atoms with E-state index in [0.29, 0.717) is 5.92 Å². The second kappa shape index (κ2) is 4.63. The molecule has 0 saturated carbocycles. The van der Waals surface area contributed by atoms with Gasteiger partial charge in [0.15, 0.2) is 0 Å². The number of rotatable bonds is 3. The van der Waals surface area contributed by atoms with Crippen LogP contribution in [-0.2, 0) is 6.54 Å². The highest BCUT2D eigenvalue weighted by atomic mass is 127. The smallest absolute Gasteiger partial charge is 0.0923 e. The Bertz CT molecular complexity index is 355. The van der Waals surface area contributed by atoms with Gasteiger partial charge in [-0.15, -0.1) is 0 Å². The summed E-state index contributed by atoms with van der Waals surface area (Å²) in [5.74, 6) is 0.348. The van der Waals surface area contributed by atoms with Gasteiger partial charge in [-0.05, 0) is 46.2 Å². The summed E-state index contributed by atoms with van der Waals surface area (Å²) in [6.45, 7) is 6.73. The zero-order valence-electron chi connectivity index (χ0n) is 9.78. The van der Waals surface area contributed by atoms with Gasteiger partial charge in [0.05, 0.1) is 5.60 Å². The second-order valence-electron chi connectivity index (χ2n) is 5.03. The van der Waals surface area contributed by atoms with Crippen LogP contribution in [0.3, 0.4) is 0 Å². The van der Waals surface area contributed by atoms with Gasteiger partial charge < -0.3 is 5.11 Å². The first-order chi connectivity index (χ1) is 7.49. The number of aliphatic hydroxyl groups is 1. The molecule has 0 amide bonds. The second-order valence-corrected chi connectivity index (χ2v) is 6.28. The zero-order valence-corrected chi connectivity index (χ0v) is 11.9. The molecule has 2 rings (SSSR count). The van der Waals surface area contributed by atoms with E-state index in [1.54, 1.807) is 0 Å². The lowest BCUT2D eigenvalue weighted by atomic mass is 9.83. The molecule has 1 N–H and O–H groups in total. The third-order valence-corrected chi connectivity index (χ3v) is 4.11. The van der Waals surface area contributed by atoms with Crippen LogP contribution in [0.1, 0.15) is 19.4 Å². The quantitative estimate of drug-likeness (QED) is 0.861. The minimum Gasteiger partial charge on any atom is -0.387 e. The first-order valence-corrected chi connectivity index (χ1v) is 6.77. The molecule has 0 spiro atoms. The van der Waals surface area contributed by atoms with Crippen molar-refractivity contribution in [3.8, 4) is 0 Å². The fraction of sp³-hybridized carbons (Fsp3) is 0.538. The zero-order chi connectivity index (χ0) is 11.8. The highest BCUT2D eigenvalue weighted by molar-refractivity contribution is 14.1. The van der Waals surface area contributed by atoms with Crippen molar-refractivity contribution in [1.29, 1.82) is 0 Å². The molecular formula is C13H18INO. The van der Waals surface area contributed by atoms with Gasteiger partial charge in [-0.2, -0.15) is 0 Å². The van der Waals surface area contributed by atoms with Crippen molar-refractivity contribution in [2.45, 2.75) is 26.0 Å². The lowest BCUT2D eigenvalue weighted by Gasteiger charge is -2.49. The molecule has 1 fully saturated rings. The van der Waals surface area contributed by atoms with Crippen LogP contribution in [0.15, 0.2) is 24.3 Å². The van der Waals surface area contributed by atoms with Gasteiger partial charge in [0.2, 0.25) is 0 Å². The molecule has 1 aromatic rings. The largest absolute Gasteiger partial charge is 0.387 e. The van der Waals surface area contributed by atoms with E-state index in [1.807, 2.05) is 0 Å². The summed E-state index contributed by atoms with van der Waals surface area (Å²) in [7, 11) is 0. The van der Waals surface area contributed by atoms with Gasteiger partial charge >= 0.3 is 0 Å². The monoisotopic (exact) mass is 331 g/mol. The fourth-order valence-corrected chi connectivity index (χ4v) is 2.41. The van der Waals surface area contributed by atoms with E-state index < -0.39 is 5.60 Å². The molecule has 1 heterocycles. The van der Waals surface area contributed by atoms with Crippen LogP contribution in [-0.4, -0.2) is 28.7 Å². The fourth-order valence-electron chi connectivity index (χ4n) is 2.05. The molecule has 0 aromatic heterocycles. The van der Waals surface area contributed by atoms with Gasteiger partial charge in [-0.1, -0.05) is 26.0 Å². The molecule has 1 aromatic carbocycles. The lowest BCUT2D eigenvalue weighted by Crippen LogP contribution is -2.63. The highest BCUT2D eigenvalue weighted by Crippen LogP contribution is 2.29. The van der Waals surface area contributed by atoms with Gasteiger partial charge in [0, 0.05) is 23.2 Å². The number of benzene rings is 1. The van der Waals surface area contributed by atoms with Crippen LogP contribution in [0.4, 0.5) is 0 Å². The third kappa shape index (κ3) is 2.57. The van der Waals surface area contributed by atoms with Gasteiger partial charge in [-0.25, -0.2) is 0 Å². The Labute approximate surface area is 111 Å². The normalized spacial score (nSPS) is 19.8. The summed E-state index contributed by atoms with van der Waals surface area (Å²) in [4.78, 5) is 2.29. The van der Waals surface area contributed by atoms with Crippen molar-refractivity contribution in [2.24, 2.45) is 5.92 Å². The topological polar surface area (TPSA) is 23.5 Å². The summed E-state index contributed by atoms with van der Waals surface area (Å²) >= 11 is 2.31. The van der Waals surface area contributed by atoms with Crippen LogP contribution in [0.25, 0.3) is 0 Å². The van der Waals surface area contributed by atoms with E-state index in [2.05, 4.69) is 65.6 Å². The SMILES string of the molecule is CC(C)C1(O)CN(Cc2ccc(I)cc2)C1. The molecular weight excluding hydrogens is 313 g/mol. The van der Waals surface area contributed by atoms with Gasteiger partial charge in [0.25, 0.3) is 0 Å². The van der Waals surface area contributed by atoms with Crippen molar-refractivity contribution >= 4 is 22.6 Å². The number of likely N-dealkylation sites (tertiary alicyclic amines) is 1. The number of hydrogen-bond donors (Lipinski definition) is 1. The molecule has 2 nitrogen and oxygen atoms in total. The maximum atomic E-state index is 10.1. The Balaban J connectivity index is 1.88. The van der Waals surface area contributed by atoms with Crippen LogP contribution >= 0.6 is 22.6 Å². The van der Waals surface area contributed by atoms with E-state index in [-0.39, 0.29) is 0 Å². The lowest BCUT2D eigenvalue weighted by molar-refractivity contribution is -0.130. The van der Waals surface area contributed by atoms with E-state index in [9.17, 15) is 5.11 Å². The molecule has 16 heavy (non-hydrogen) atoms. The number of hydrogen-bond acceptors (Lipinski definition) is 2. The molecule has 0 atom stereocenters. The van der Waals surface area contributed by atoms with Gasteiger partial charge in [0.1, 0.15) is 0 Å². The highest BCUT2D eigenvalue weighted by Gasteiger charge is 2.43. The van der Waals surface area contributed by atoms with Crippen LogP contribution in [0.2, 0.25) is 0 Å². The van der Waals surface area contributed by atoms with Crippen molar-refractivity contribution in [1.82, 2.24) is 4.90 Å². The summed E-state index contributed by atoms with van der Waals surface area (Å²) in [6.07, 6.45) is 0. The Morgan fingerprint density at radius 2 is 1.88 bits per heavy atom. The molecule has 0 radical (unpaired) electrons. The molecule has 1 aliphatic heterocycles. The predicted octanol–water partition coefficient (Wildman–Crippen LogP) is 2.49. The minimum absolute atomic E-state index is 0.348. The average Bonchev–Trinajstić information content (AvgIpc) is 2.18. The van der Waals surface area contributed by atoms with Crippen molar-refractivity contribution in [3.05, 3.63) is 33.4 Å². The average molecular weight is 331 g/mol. The predicted molar refractivity (Wildman–Crippen MR) is 74.2 cm³/mol. The van der Waals surface area contributed by atoms with E-state index in [0.717, 1.165) is 19.6 Å². The van der Waals surface area contributed by atoms with Crippen LogP contribution < -0.4 is 0 Å². The Kier molecular flexibility index (Phi) is 3.56. The van der Waals surface area contributed by atoms with Gasteiger partial charge in [-0.3, -0.25) is 4.90 Å². The molecule has 1 saturated heterocycles. The standard InChI is InChI=1S/C13H18INO/c1-10(2)13(16)8-15(9-13)7-11-3-5-12(14)6-4-11/h3-6,10,16H,7-9H2,1-2H3. The molecule has 3 heteroatoms. The summed E-state index contributed by atoms with van der Waals surface area (Å²) in [6, 6.07) is 8.58. The Morgan fingerprint density at radius 1 is 1.31 bits per heavy atom. The molecule has 1 aliphatic rings. The van der Waals surface area contributed by atoms with E-state index >= 15 is 0 Å². The number of halogens is 1. The van der Waals surface area contributed by atoms with Crippen molar-refractivity contribution in [2.75, 3.05) is 13.1 Å². The molecule has 0 aliphatic carbocycles. The van der Waals surface area contributed by atoms with E-state index in [1.165, 1.54) is 9.13 Å². The van der Waals surface area contributed by atoms with Crippen molar-refractivity contribution < 1.29 is 5.11 Å². The van der Waals surface area contributed by atoms with Crippen molar-refractivity contribution in [3.63, 3.8) is 0 Å². The molecule has 0 unspecified atom stereocenters. The number of β-amino-alcohol motifs (C(OH)–C–C–N with tert-alkyl or cyclic N) is 1. The third-order valence-electron chi connectivity index (χ3n) is 3.39. The van der Waals surface area contributed by atoms with Crippen LogP contribution in [0.5, 0.6) is 0 Å². The molecule has 88 valence electrons. The Hall–Kier alpha value is -0.130. The minimum atomic E-state index is -0.455. The molecule has 0 bridgehead atoms. The van der Waals surface area contributed by atoms with Crippen LogP contribution in [0, 0.1) is 9.49 Å². The number of nitrogens with zero attached hydrogens (tertiary/aromatic N) is 1. The summed E-state index contributed by atoms with van der Waals surface area (Å²) in [5.41, 5.74) is 0.870.